The predicted molar refractivity (Wildman–Crippen MR) is 65.8 cm³/mol. The SMILES string of the molecule is CCC(CC)C(CN)NC(C)C(C)CO. The fourth-order valence-corrected chi connectivity index (χ4v) is 1.91. The number of aliphatic hydroxyl groups excluding tert-OH is 1. The van der Waals surface area contributed by atoms with E-state index in [1.165, 1.54) is 0 Å². The Morgan fingerprint density at radius 1 is 1.20 bits per heavy atom. The molecule has 0 amide bonds. The first-order valence-corrected chi connectivity index (χ1v) is 6.17. The molecule has 0 bridgehead atoms. The molecule has 15 heavy (non-hydrogen) atoms. The van der Waals surface area contributed by atoms with E-state index in [1.54, 1.807) is 0 Å². The molecule has 3 atom stereocenters. The molecule has 0 aromatic carbocycles. The maximum atomic E-state index is 9.07. The molecule has 0 saturated carbocycles. The van der Waals surface area contributed by atoms with E-state index in [9.17, 15) is 0 Å². The second-order valence-corrected chi connectivity index (χ2v) is 4.53. The Hall–Kier alpha value is -0.120. The van der Waals surface area contributed by atoms with Gasteiger partial charge in [-0.05, 0) is 18.8 Å². The van der Waals surface area contributed by atoms with Crippen molar-refractivity contribution >= 4 is 0 Å². The lowest BCUT2D eigenvalue weighted by Gasteiger charge is -2.30. The first-order valence-electron chi connectivity index (χ1n) is 6.17. The van der Waals surface area contributed by atoms with Crippen LogP contribution in [0.15, 0.2) is 0 Å². The van der Waals surface area contributed by atoms with Crippen LogP contribution in [0.4, 0.5) is 0 Å². The van der Waals surface area contributed by atoms with Gasteiger partial charge in [0.2, 0.25) is 0 Å². The quantitative estimate of drug-likeness (QED) is 0.574. The van der Waals surface area contributed by atoms with E-state index in [-0.39, 0.29) is 12.5 Å². The van der Waals surface area contributed by atoms with Crippen LogP contribution in [0.1, 0.15) is 40.5 Å². The summed E-state index contributed by atoms with van der Waals surface area (Å²) >= 11 is 0. The van der Waals surface area contributed by atoms with Crippen molar-refractivity contribution < 1.29 is 5.11 Å². The Balaban J connectivity index is 4.18. The highest BCUT2D eigenvalue weighted by Gasteiger charge is 2.20. The largest absolute Gasteiger partial charge is 0.396 e. The first-order chi connectivity index (χ1) is 7.10. The van der Waals surface area contributed by atoms with E-state index in [1.807, 2.05) is 0 Å². The van der Waals surface area contributed by atoms with Crippen LogP contribution in [0.5, 0.6) is 0 Å². The molecule has 3 unspecified atom stereocenters. The maximum Gasteiger partial charge on any atom is 0.0471 e. The average Bonchev–Trinajstić information content (AvgIpc) is 2.27. The van der Waals surface area contributed by atoms with Crippen molar-refractivity contribution in [1.82, 2.24) is 5.32 Å². The summed E-state index contributed by atoms with van der Waals surface area (Å²) in [5.41, 5.74) is 5.79. The molecule has 0 aromatic rings. The van der Waals surface area contributed by atoms with Gasteiger partial charge in [0.15, 0.2) is 0 Å². The maximum absolute atomic E-state index is 9.07. The molecular formula is C12H28N2O. The standard InChI is InChI=1S/C12H28N2O/c1-5-11(6-2)12(7-13)14-10(4)9(3)8-15/h9-12,14-15H,5-8,13H2,1-4H3. The number of hydrogen-bond acceptors (Lipinski definition) is 3. The van der Waals surface area contributed by atoms with Crippen LogP contribution >= 0.6 is 0 Å². The van der Waals surface area contributed by atoms with Crippen LogP contribution in [-0.4, -0.2) is 30.3 Å². The minimum absolute atomic E-state index is 0.231. The van der Waals surface area contributed by atoms with Crippen molar-refractivity contribution in [3.05, 3.63) is 0 Å². The van der Waals surface area contributed by atoms with Crippen molar-refractivity contribution in [2.24, 2.45) is 17.6 Å². The summed E-state index contributed by atoms with van der Waals surface area (Å²) in [5, 5.41) is 12.6. The minimum atomic E-state index is 0.231. The molecule has 4 N–H and O–H groups in total. The van der Waals surface area contributed by atoms with Gasteiger partial charge in [0.25, 0.3) is 0 Å². The lowest BCUT2D eigenvalue weighted by molar-refractivity contribution is 0.190. The summed E-state index contributed by atoms with van der Waals surface area (Å²) < 4.78 is 0. The third kappa shape index (κ3) is 4.96. The van der Waals surface area contributed by atoms with Gasteiger partial charge in [0, 0.05) is 25.2 Å². The average molecular weight is 216 g/mol. The van der Waals surface area contributed by atoms with Crippen LogP contribution in [0.2, 0.25) is 0 Å². The molecule has 0 saturated heterocycles. The zero-order valence-corrected chi connectivity index (χ0v) is 10.7. The van der Waals surface area contributed by atoms with E-state index < -0.39 is 0 Å². The fraction of sp³-hybridized carbons (Fsp3) is 1.00. The zero-order valence-electron chi connectivity index (χ0n) is 10.7. The Morgan fingerprint density at radius 3 is 2.07 bits per heavy atom. The van der Waals surface area contributed by atoms with Crippen molar-refractivity contribution in [1.29, 1.82) is 0 Å². The zero-order chi connectivity index (χ0) is 11.8. The van der Waals surface area contributed by atoms with Gasteiger partial charge in [0.05, 0.1) is 0 Å². The van der Waals surface area contributed by atoms with E-state index in [4.69, 9.17) is 10.8 Å². The molecule has 0 aromatic heterocycles. The van der Waals surface area contributed by atoms with Gasteiger partial charge in [-0.25, -0.2) is 0 Å². The Labute approximate surface area is 94.4 Å². The Morgan fingerprint density at radius 2 is 1.73 bits per heavy atom. The third-order valence-electron chi connectivity index (χ3n) is 3.49. The summed E-state index contributed by atoms with van der Waals surface area (Å²) in [6.07, 6.45) is 2.32. The first kappa shape index (κ1) is 14.9. The summed E-state index contributed by atoms with van der Waals surface area (Å²) in [6, 6.07) is 0.702. The van der Waals surface area contributed by atoms with Crippen LogP contribution in [0.3, 0.4) is 0 Å². The third-order valence-corrected chi connectivity index (χ3v) is 3.49. The Bertz CT molecular complexity index is 149. The van der Waals surface area contributed by atoms with Gasteiger partial charge in [0.1, 0.15) is 0 Å². The summed E-state index contributed by atoms with van der Waals surface area (Å²) in [4.78, 5) is 0. The number of nitrogens with one attached hydrogen (secondary N) is 1. The predicted octanol–water partition coefficient (Wildman–Crippen LogP) is 1.36. The lowest BCUT2D eigenvalue weighted by Crippen LogP contribution is -2.48. The van der Waals surface area contributed by atoms with Crippen LogP contribution in [-0.2, 0) is 0 Å². The number of aliphatic hydroxyl groups is 1. The molecule has 0 rings (SSSR count). The molecule has 0 heterocycles. The molecule has 3 nitrogen and oxygen atoms in total. The summed E-state index contributed by atoms with van der Waals surface area (Å²) in [6.45, 7) is 9.49. The molecule has 0 fully saturated rings. The van der Waals surface area contributed by atoms with Gasteiger partial charge in [-0.2, -0.15) is 0 Å². The van der Waals surface area contributed by atoms with Gasteiger partial charge in [-0.15, -0.1) is 0 Å². The summed E-state index contributed by atoms with van der Waals surface area (Å²) in [7, 11) is 0. The van der Waals surface area contributed by atoms with E-state index in [2.05, 4.69) is 33.0 Å². The molecule has 92 valence electrons. The Kier molecular flexibility index (Phi) is 8.02. The molecule has 0 aliphatic heterocycles. The smallest absolute Gasteiger partial charge is 0.0471 e. The summed E-state index contributed by atoms with van der Waals surface area (Å²) in [5.74, 6) is 0.928. The van der Waals surface area contributed by atoms with Crippen molar-refractivity contribution in [3.63, 3.8) is 0 Å². The van der Waals surface area contributed by atoms with Crippen LogP contribution < -0.4 is 11.1 Å². The van der Waals surface area contributed by atoms with Gasteiger partial charge in [-0.1, -0.05) is 33.6 Å². The van der Waals surface area contributed by atoms with Gasteiger partial charge >= 0.3 is 0 Å². The molecule has 0 aliphatic carbocycles. The molecule has 0 spiro atoms. The molecule has 0 radical (unpaired) electrons. The lowest BCUT2D eigenvalue weighted by atomic mass is 9.92. The highest BCUT2D eigenvalue weighted by atomic mass is 16.3. The van der Waals surface area contributed by atoms with Gasteiger partial charge in [-0.3, -0.25) is 0 Å². The van der Waals surface area contributed by atoms with Crippen molar-refractivity contribution in [3.8, 4) is 0 Å². The van der Waals surface area contributed by atoms with Crippen molar-refractivity contribution in [2.75, 3.05) is 13.2 Å². The number of hydrogen-bond donors (Lipinski definition) is 3. The highest BCUT2D eigenvalue weighted by molar-refractivity contribution is 4.80. The van der Waals surface area contributed by atoms with Crippen LogP contribution in [0, 0.1) is 11.8 Å². The van der Waals surface area contributed by atoms with E-state index >= 15 is 0 Å². The van der Waals surface area contributed by atoms with E-state index in [0.29, 0.717) is 24.5 Å². The van der Waals surface area contributed by atoms with Crippen molar-refractivity contribution in [2.45, 2.75) is 52.6 Å². The highest BCUT2D eigenvalue weighted by Crippen LogP contribution is 2.14. The number of rotatable bonds is 8. The minimum Gasteiger partial charge on any atom is -0.396 e. The van der Waals surface area contributed by atoms with Gasteiger partial charge < -0.3 is 16.2 Å². The topological polar surface area (TPSA) is 58.3 Å². The molecule has 3 heteroatoms. The normalized spacial score (nSPS) is 17.8. The molecule has 0 aliphatic rings. The molecular weight excluding hydrogens is 188 g/mol. The fourth-order valence-electron chi connectivity index (χ4n) is 1.91. The van der Waals surface area contributed by atoms with E-state index in [0.717, 1.165) is 12.8 Å². The van der Waals surface area contributed by atoms with Crippen LogP contribution in [0.25, 0.3) is 0 Å². The second kappa shape index (κ2) is 8.08. The monoisotopic (exact) mass is 216 g/mol. The number of nitrogens with two attached hydrogens (primary N) is 1. The second-order valence-electron chi connectivity index (χ2n) is 4.53.